The molecular formula is C11H24N2. The summed E-state index contributed by atoms with van der Waals surface area (Å²) in [5.74, 6) is 0. The van der Waals surface area contributed by atoms with Crippen molar-refractivity contribution in [3.05, 3.63) is 0 Å². The fourth-order valence-electron chi connectivity index (χ4n) is 2.66. The van der Waals surface area contributed by atoms with E-state index in [-0.39, 0.29) is 0 Å². The normalized spacial score (nSPS) is 29.5. The van der Waals surface area contributed by atoms with Crippen LogP contribution in [0.1, 0.15) is 32.6 Å². The Hall–Kier alpha value is -0.0800. The van der Waals surface area contributed by atoms with E-state index in [1.807, 2.05) is 0 Å². The maximum atomic E-state index is 3.54. The van der Waals surface area contributed by atoms with E-state index in [9.17, 15) is 0 Å². The van der Waals surface area contributed by atoms with E-state index in [2.05, 4.69) is 31.2 Å². The zero-order chi connectivity index (χ0) is 9.73. The maximum Gasteiger partial charge on any atom is 0.00440 e. The van der Waals surface area contributed by atoms with Crippen LogP contribution in [0.4, 0.5) is 0 Å². The van der Waals surface area contributed by atoms with Gasteiger partial charge in [0.05, 0.1) is 0 Å². The van der Waals surface area contributed by atoms with Crippen LogP contribution in [0.2, 0.25) is 0 Å². The molecule has 78 valence electrons. The fraction of sp³-hybridized carbons (Fsp3) is 1.00. The number of rotatable bonds is 4. The molecule has 0 radical (unpaired) electrons. The molecule has 0 aliphatic carbocycles. The second-order valence-electron chi connectivity index (χ2n) is 4.77. The van der Waals surface area contributed by atoms with Gasteiger partial charge in [-0.1, -0.05) is 13.3 Å². The second-order valence-corrected chi connectivity index (χ2v) is 4.77. The van der Waals surface area contributed by atoms with Crippen molar-refractivity contribution in [2.75, 3.05) is 33.7 Å². The van der Waals surface area contributed by atoms with Crippen LogP contribution in [0.25, 0.3) is 0 Å². The van der Waals surface area contributed by atoms with Crippen LogP contribution in [-0.2, 0) is 0 Å². The van der Waals surface area contributed by atoms with Crippen molar-refractivity contribution in [2.45, 2.75) is 32.6 Å². The third-order valence-electron chi connectivity index (χ3n) is 2.99. The predicted octanol–water partition coefficient (Wildman–Crippen LogP) is 1.72. The number of piperidine rings is 1. The van der Waals surface area contributed by atoms with E-state index in [1.54, 1.807) is 0 Å². The Morgan fingerprint density at radius 3 is 2.62 bits per heavy atom. The van der Waals surface area contributed by atoms with Gasteiger partial charge >= 0.3 is 0 Å². The van der Waals surface area contributed by atoms with Crippen molar-refractivity contribution in [3.8, 4) is 0 Å². The average molecular weight is 184 g/mol. The Morgan fingerprint density at radius 2 is 2.15 bits per heavy atom. The molecule has 0 spiro atoms. The molecule has 1 rings (SSSR count). The first-order valence-corrected chi connectivity index (χ1v) is 5.54. The highest BCUT2D eigenvalue weighted by atomic mass is 15.1. The largest absolute Gasteiger partial charge is 0.316 e. The summed E-state index contributed by atoms with van der Waals surface area (Å²) in [5, 5.41) is 3.54. The van der Waals surface area contributed by atoms with Crippen molar-refractivity contribution in [3.63, 3.8) is 0 Å². The summed E-state index contributed by atoms with van der Waals surface area (Å²) in [6.45, 7) is 5.98. The minimum atomic E-state index is 0.566. The molecule has 1 heterocycles. The van der Waals surface area contributed by atoms with E-state index in [4.69, 9.17) is 0 Å². The lowest BCUT2D eigenvalue weighted by Crippen LogP contribution is -2.45. The first-order valence-electron chi connectivity index (χ1n) is 5.54. The minimum absolute atomic E-state index is 0.566. The van der Waals surface area contributed by atoms with Crippen LogP contribution in [0.15, 0.2) is 0 Å². The van der Waals surface area contributed by atoms with Crippen LogP contribution in [0.5, 0.6) is 0 Å². The molecule has 0 aromatic heterocycles. The van der Waals surface area contributed by atoms with Crippen molar-refractivity contribution in [1.82, 2.24) is 10.2 Å². The number of hydrogen-bond acceptors (Lipinski definition) is 2. The van der Waals surface area contributed by atoms with E-state index in [0.29, 0.717) is 5.41 Å². The van der Waals surface area contributed by atoms with Crippen LogP contribution >= 0.6 is 0 Å². The van der Waals surface area contributed by atoms with Crippen LogP contribution < -0.4 is 5.32 Å². The molecule has 2 heteroatoms. The predicted molar refractivity (Wildman–Crippen MR) is 58.0 cm³/mol. The molecule has 0 saturated carbocycles. The van der Waals surface area contributed by atoms with E-state index >= 15 is 0 Å². The fourth-order valence-corrected chi connectivity index (χ4v) is 2.66. The van der Waals surface area contributed by atoms with E-state index in [0.717, 1.165) is 0 Å². The van der Waals surface area contributed by atoms with Gasteiger partial charge in [-0.3, -0.25) is 0 Å². The average Bonchev–Trinajstić information content (AvgIpc) is 2.04. The monoisotopic (exact) mass is 184 g/mol. The third kappa shape index (κ3) is 3.28. The lowest BCUT2D eigenvalue weighted by Gasteiger charge is -2.39. The quantitative estimate of drug-likeness (QED) is 0.715. The van der Waals surface area contributed by atoms with Gasteiger partial charge in [0.25, 0.3) is 0 Å². The van der Waals surface area contributed by atoms with E-state index < -0.39 is 0 Å². The molecule has 1 fully saturated rings. The number of hydrogen-bond donors (Lipinski definition) is 1. The summed E-state index contributed by atoms with van der Waals surface area (Å²) in [6.07, 6.45) is 5.45. The highest BCUT2D eigenvalue weighted by Crippen LogP contribution is 2.31. The Labute approximate surface area is 82.7 Å². The van der Waals surface area contributed by atoms with Crippen molar-refractivity contribution >= 4 is 0 Å². The first kappa shape index (κ1) is 11.0. The molecule has 2 nitrogen and oxygen atoms in total. The van der Waals surface area contributed by atoms with Gasteiger partial charge in [0, 0.05) is 13.1 Å². The Morgan fingerprint density at radius 1 is 1.38 bits per heavy atom. The summed E-state index contributed by atoms with van der Waals surface area (Å²) in [7, 11) is 4.37. The summed E-state index contributed by atoms with van der Waals surface area (Å²) in [4.78, 5) is 2.34. The van der Waals surface area contributed by atoms with Crippen molar-refractivity contribution in [1.29, 1.82) is 0 Å². The van der Waals surface area contributed by atoms with Crippen molar-refractivity contribution in [2.24, 2.45) is 5.41 Å². The maximum absolute atomic E-state index is 3.54. The molecule has 1 saturated heterocycles. The summed E-state index contributed by atoms with van der Waals surface area (Å²) < 4.78 is 0. The van der Waals surface area contributed by atoms with Gasteiger partial charge in [-0.15, -0.1) is 0 Å². The molecule has 1 unspecified atom stereocenters. The minimum Gasteiger partial charge on any atom is -0.316 e. The Bertz CT molecular complexity index is 132. The van der Waals surface area contributed by atoms with Crippen LogP contribution in [0.3, 0.4) is 0 Å². The van der Waals surface area contributed by atoms with Gasteiger partial charge in [-0.25, -0.2) is 0 Å². The standard InChI is InChI=1S/C11H24N2/c1-4-6-11(10-13(2)3)7-5-8-12-9-11/h12H,4-10H2,1-3H3. The Kier molecular flexibility index (Phi) is 4.20. The molecular weight excluding hydrogens is 160 g/mol. The van der Waals surface area contributed by atoms with Gasteiger partial charge in [0.15, 0.2) is 0 Å². The molecule has 1 aliphatic heterocycles. The zero-order valence-corrected chi connectivity index (χ0v) is 9.40. The summed E-state index contributed by atoms with van der Waals surface area (Å²) in [5.41, 5.74) is 0.566. The molecule has 1 aliphatic rings. The molecule has 13 heavy (non-hydrogen) atoms. The summed E-state index contributed by atoms with van der Waals surface area (Å²) in [6, 6.07) is 0. The van der Waals surface area contributed by atoms with Crippen molar-refractivity contribution < 1.29 is 0 Å². The Balaban J connectivity index is 2.50. The third-order valence-corrected chi connectivity index (χ3v) is 2.99. The van der Waals surface area contributed by atoms with Gasteiger partial charge < -0.3 is 10.2 Å². The SMILES string of the molecule is CCCC1(CN(C)C)CCCNC1. The topological polar surface area (TPSA) is 15.3 Å². The van der Waals surface area contributed by atoms with Gasteiger partial charge in [-0.05, 0) is 45.3 Å². The first-order chi connectivity index (χ1) is 6.18. The second kappa shape index (κ2) is 4.97. The van der Waals surface area contributed by atoms with Gasteiger partial charge in [-0.2, -0.15) is 0 Å². The lowest BCUT2D eigenvalue weighted by molar-refractivity contribution is 0.136. The smallest absolute Gasteiger partial charge is 0.00440 e. The van der Waals surface area contributed by atoms with E-state index in [1.165, 1.54) is 45.3 Å². The zero-order valence-electron chi connectivity index (χ0n) is 9.40. The summed E-state index contributed by atoms with van der Waals surface area (Å²) >= 11 is 0. The molecule has 0 aromatic carbocycles. The molecule has 1 N–H and O–H groups in total. The lowest BCUT2D eigenvalue weighted by atomic mass is 9.76. The van der Waals surface area contributed by atoms with Gasteiger partial charge in [0.2, 0.25) is 0 Å². The molecule has 0 bridgehead atoms. The number of nitrogens with zero attached hydrogens (tertiary/aromatic N) is 1. The number of nitrogens with one attached hydrogen (secondary N) is 1. The highest BCUT2D eigenvalue weighted by Gasteiger charge is 2.31. The molecule has 0 amide bonds. The molecule has 1 atom stereocenters. The molecule has 0 aromatic rings. The van der Waals surface area contributed by atoms with Crippen LogP contribution in [-0.4, -0.2) is 38.6 Å². The van der Waals surface area contributed by atoms with Gasteiger partial charge in [0.1, 0.15) is 0 Å². The highest BCUT2D eigenvalue weighted by molar-refractivity contribution is 4.86. The van der Waals surface area contributed by atoms with Crippen LogP contribution in [0, 0.1) is 5.41 Å².